The van der Waals surface area contributed by atoms with Crippen LogP contribution in [-0.4, -0.2) is 29.3 Å². The van der Waals surface area contributed by atoms with Crippen LogP contribution in [0.15, 0.2) is 72.9 Å². The van der Waals surface area contributed by atoms with E-state index in [4.69, 9.17) is 4.74 Å². The lowest BCUT2D eigenvalue weighted by Gasteiger charge is -2.14. The quantitative estimate of drug-likeness (QED) is 0.656. The Morgan fingerprint density at radius 3 is 2.41 bits per heavy atom. The number of fused-ring (bicyclic) bond motifs is 1. The van der Waals surface area contributed by atoms with E-state index in [9.17, 15) is 14.4 Å². The van der Waals surface area contributed by atoms with Crippen molar-refractivity contribution in [1.29, 1.82) is 0 Å². The third-order valence-corrected chi connectivity index (χ3v) is 4.40. The monoisotopic (exact) mass is 387 g/mol. The van der Waals surface area contributed by atoms with Gasteiger partial charge in [0.1, 0.15) is 11.4 Å². The van der Waals surface area contributed by atoms with Crippen molar-refractivity contribution in [3.8, 4) is 5.75 Å². The molecule has 0 bridgehead atoms. The van der Waals surface area contributed by atoms with Crippen LogP contribution >= 0.6 is 0 Å². The molecule has 0 aliphatic carbocycles. The summed E-state index contributed by atoms with van der Waals surface area (Å²) in [6, 6.07) is 19.0. The van der Waals surface area contributed by atoms with Gasteiger partial charge in [0.2, 0.25) is 5.91 Å². The molecule has 144 valence electrons. The molecule has 29 heavy (non-hydrogen) atoms. The molecule has 7 nitrogen and oxygen atoms in total. The number of anilines is 2. The molecular formula is C22H17N3O4. The minimum Gasteiger partial charge on any atom is -0.493 e. The average molecular weight is 387 g/mol. The van der Waals surface area contributed by atoms with Gasteiger partial charge in [0, 0.05) is 11.9 Å². The van der Waals surface area contributed by atoms with Gasteiger partial charge >= 0.3 is 0 Å². The molecule has 0 radical (unpaired) electrons. The standard InChI is InChI=1S/C22H17N3O4/c26-19(12-14-29-17-5-2-1-3-6-17)24-15-8-10-16(11-9-15)25-21(27)18-7-4-13-23-20(18)22(25)28/h1-11,13H,12,14H2,(H,24,26). The number of benzene rings is 2. The Hall–Kier alpha value is -4.00. The molecule has 0 unspecified atom stereocenters. The molecule has 0 spiro atoms. The Morgan fingerprint density at radius 2 is 1.69 bits per heavy atom. The molecular weight excluding hydrogens is 370 g/mol. The molecule has 1 aromatic heterocycles. The lowest BCUT2D eigenvalue weighted by molar-refractivity contribution is -0.116. The fourth-order valence-electron chi connectivity index (χ4n) is 3.00. The SMILES string of the molecule is O=C(CCOc1ccccc1)Nc1ccc(N2C(=O)c3cccnc3C2=O)cc1. The van der Waals surface area contributed by atoms with Gasteiger partial charge in [0.15, 0.2) is 0 Å². The second-order valence-corrected chi connectivity index (χ2v) is 6.35. The van der Waals surface area contributed by atoms with E-state index in [1.165, 1.54) is 6.20 Å². The van der Waals surface area contributed by atoms with Crippen LogP contribution < -0.4 is 15.0 Å². The minimum atomic E-state index is -0.458. The van der Waals surface area contributed by atoms with E-state index in [1.807, 2.05) is 30.3 Å². The summed E-state index contributed by atoms with van der Waals surface area (Å²) < 4.78 is 5.51. The Kier molecular flexibility index (Phi) is 5.03. The van der Waals surface area contributed by atoms with Crippen LogP contribution in [0.2, 0.25) is 0 Å². The maximum atomic E-state index is 12.5. The predicted octanol–water partition coefficient (Wildman–Crippen LogP) is 3.29. The predicted molar refractivity (Wildman–Crippen MR) is 107 cm³/mol. The number of para-hydroxylation sites is 1. The van der Waals surface area contributed by atoms with Gasteiger partial charge in [0.05, 0.1) is 24.3 Å². The Morgan fingerprint density at radius 1 is 0.931 bits per heavy atom. The van der Waals surface area contributed by atoms with Gasteiger partial charge in [-0.1, -0.05) is 18.2 Å². The van der Waals surface area contributed by atoms with E-state index in [0.29, 0.717) is 17.1 Å². The summed E-state index contributed by atoms with van der Waals surface area (Å²) in [5.41, 5.74) is 1.41. The largest absolute Gasteiger partial charge is 0.493 e. The molecule has 0 fully saturated rings. The molecule has 2 heterocycles. The molecule has 1 N–H and O–H groups in total. The van der Waals surface area contributed by atoms with Crippen LogP contribution in [0.4, 0.5) is 11.4 Å². The topological polar surface area (TPSA) is 88.6 Å². The zero-order valence-electron chi connectivity index (χ0n) is 15.4. The molecule has 2 aromatic carbocycles. The highest BCUT2D eigenvalue weighted by Gasteiger charge is 2.37. The van der Waals surface area contributed by atoms with Crippen molar-refractivity contribution >= 4 is 29.1 Å². The first-order chi connectivity index (χ1) is 14.1. The highest BCUT2D eigenvalue weighted by Crippen LogP contribution is 2.27. The normalized spacial score (nSPS) is 12.6. The number of carbonyl (C=O) groups excluding carboxylic acids is 3. The minimum absolute atomic E-state index is 0.147. The number of rotatable bonds is 6. The number of carbonyl (C=O) groups is 3. The molecule has 3 amide bonds. The molecule has 0 saturated heterocycles. The van der Waals surface area contributed by atoms with Crippen LogP contribution in [0.25, 0.3) is 0 Å². The number of amides is 3. The Bertz CT molecular complexity index is 1030. The molecule has 7 heteroatoms. The van der Waals surface area contributed by atoms with Gasteiger partial charge in [-0.2, -0.15) is 0 Å². The highest BCUT2D eigenvalue weighted by molar-refractivity contribution is 6.33. The number of hydrogen-bond donors (Lipinski definition) is 1. The Balaban J connectivity index is 1.35. The highest BCUT2D eigenvalue weighted by atomic mass is 16.5. The average Bonchev–Trinajstić information content (AvgIpc) is 3.00. The van der Waals surface area contributed by atoms with Crippen molar-refractivity contribution in [2.75, 3.05) is 16.8 Å². The number of ether oxygens (including phenoxy) is 1. The zero-order valence-corrected chi connectivity index (χ0v) is 15.4. The van der Waals surface area contributed by atoms with Gasteiger partial charge in [-0.15, -0.1) is 0 Å². The fourth-order valence-corrected chi connectivity index (χ4v) is 3.00. The van der Waals surface area contributed by atoms with Crippen LogP contribution in [0.3, 0.4) is 0 Å². The molecule has 0 atom stereocenters. The number of hydrogen-bond acceptors (Lipinski definition) is 5. The van der Waals surface area contributed by atoms with Crippen molar-refractivity contribution in [2.24, 2.45) is 0 Å². The number of nitrogens with one attached hydrogen (secondary N) is 1. The van der Waals surface area contributed by atoms with Gasteiger partial charge in [-0.05, 0) is 48.5 Å². The van der Waals surface area contributed by atoms with Crippen molar-refractivity contribution < 1.29 is 19.1 Å². The molecule has 1 aliphatic heterocycles. The number of aromatic nitrogens is 1. The molecule has 1 aliphatic rings. The van der Waals surface area contributed by atoms with Crippen LogP contribution in [0.1, 0.15) is 27.3 Å². The van der Waals surface area contributed by atoms with Gasteiger partial charge in [-0.3, -0.25) is 19.4 Å². The van der Waals surface area contributed by atoms with Gasteiger partial charge in [0.25, 0.3) is 11.8 Å². The first-order valence-electron chi connectivity index (χ1n) is 9.05. The van der Waals surface area contributed by atoms with Crippen molar-refractivity contribution in [2.45, 2.75) is 6.42 Å². The van der Waals surface area contributed by atoms with E-state index in [0.717, 1.165) is 4.90 Å². The number of pyridine rings is 1. The smallest absolute Gasteiger partial charge is 0.284 e. The lowest BCUT2D eigenvalue weighted by atomic mass is 10.2. The third kappa shape index (κ3) is 3.84. The van der Waals surface area contributed by atoms with Crippen molar-refractivity contribution in [1.82, 2.24) is 4.98 Å². The zero-order chi connectivity index (χ0) is 20.2. The maximum absolute atomic E-state index is 12.5. The molecule has 4 rings (SSSR count). The van der Waals surface area contributed by atoms with E-state index in [-0.39, 0.29) is 30.2 Å². The van der Waals surface area contributed by atoms with E-state index in [1.54, 1.807) is 36.4 Å². The summed E-state index contributed by atoms with van der Waals surface area (Å²) in [7, 11) is 0. The van der Waals surface area contributed by atoms with Crippen molar-refractivity contribution in [3.63, 3.8) is 0 Å². The summed E-state index contributed by atoms with van der Waals surface area (Å²) in [4.78, 5) is 42.1. The maximum Gasteiger partial charge on any atom is 0.284 e. The third-order valence-electron chi connectivity index (χ3n) is 4.40. The summed E-state index contributed by atoms with van der Waals surface area (Å²) in [5, 5.41) is 2.77. The number of imide groups is 1. The van der Waals surface area contributed by atoms with Crippen LogP contribution in [0.5, 0.6) is 5.75 Å². The van der Waals surface area contributed by atoms with E-state index >= 15 is 0 Å². The lowest BCUT2D eigenvalue weighted by Crippen LogP contribution is -2.29. The second-order valence-electron chi connectivity index (χ2n) is 6.35. The summed E-state index contributed by atoms with van der Waals surface area (Å²) in [5.74, 6) is -0.355. The van der Waals surface area contributed by atoms with E-state index in [2.05, 4.69) is 10.3 Å². The van der Waals surface area contributed by atoms with Crippen LogP contribution in [0, 0.1) is 0 Å². The Labute approximate surface area is 166 Å². The first kappa shape index (κ1) is 18.4. The summed E-state index contributed by atoms with van der Waals surface area (Å²) >= 11 is 0. The van der Waals surface area contributed by atoms with Gasteiger partial charge < -0.3 is 10.1 Å². The molecule has 0 saturated carbocycles. The first-order valence-corrected chi connectivity index (χ1v) is 9.05. The van der Waals surface area contributed by atoms with Crippen molar-refractivity contribution in [3.05, 3.63) is 84.2 Å². The summed E-state index contributed by atoms with van der Waals surface area (Å²) in [6.45, 7) is 0.260. The fraction of sp³-hybridized carbons (Fsp3) is 0.0909. The molecule has 3 aromatic rings. The second kappa shape index (κ2) is 7.93. The number of nitrogens with zero attached hydrogens (tertiary/aromatic N) is 2. The van der Waals surface area contributed by atoms with E-state index < -0.39 is 11.8 Å². The summed E-state index contributed by atoms with van der Waals surface area (Å²) in [6.07, 6.45) is 1.67. The van der Waals surface area contributed by atoms with Crippen LogP contribution in [-0.2, 0) is 4.79 Å². The van der Waals surface area contributed by atoms with Gasteiger partial charge in [-0.25, -0.2) is 4.90 Å².